The van der Waals surface area contributed by atoms with Crippen molar-refractivity contribution in [2.45, 2.75) is 0 Å². The van der Waals surface area contributed by atoms with Crippen LogP contribution in [-0.2, 0) is 0 Å². The SMILES string of the molecule is O[C]1=CC=C[CH]=[GeH]1. The molecule has 1 aliphatic heterocycles. The van der Waals surface area contributed by atoms with Gasteiger partial charge in [-0.05, 0) is 0 Å². The van der Waals surface area contributed by atoms with Crippen LogP contribution < -0.4 is 0 Å². The molecule has 36 valence electrons. The van der Waals surface area contributed by atoms with Crippen LogP contribution in [0.1, 0.15) is 0 Å². The summed E-state index contributed by atoms with van der Waals surface area (Å²) in [6.07, 6.45) is 5.61. The number of hydrogen-bond acceptors (Lipinski definition) is 1. The van der Waals surface area contributed by atoms with E-state index >= 15 is 0 Å². The van der Waals surface area contributed by atoms with Crippen LogP contribution in [0, 0.1) is 0 Å². The van der Waals surface area contributed by atoms with Crippen molar-refractivity contribution in [1.29, 1.82) is 0 Å². The van der Waals surface area contributed by atoms with Gasteiger partial charge in [0.2, 0.25) is 0 Å². The summed E-state index contributed by atoms with van der Waals surface area (Å²) in [6.45, 7) is 0. The monoisotopic (exact) mass is 156 g/mol. The van der Waals surface area contributed by atoms with Crippen LogP contribution in [0.3, 0.4) is 0 Å². The van der Waals surface area contributed by atoms with Crippen molar-refractivity contribution in [3.8, 4) is 0 Å². The van der Waals surface area contributed by atoms with E-state index in [1.165, 1.54) is 0 Å². The van der Waals surface area contributed by atoms with Gasteiger partial charge in [0.1, 0.15) is 0 Å². The van der Waals surface area contributed by atoms with Crippen molar-refractivity contribution in [3.05, 3.63) is 22.8 Å². The van der Waals surface area contributed by atoms with Crippen molar-refractivity contribution in [2.24, 2.45) is 0 Å². The zero-order chi connectivity index (χ0) is 5.11. The van der Waals surface area contributed by atoms with Gasteiger partial charge in [-0.1, -0.05) is 0 Å². The fraction of sp³-hybridized carbons (Fsp3) is 0. The normalized spacial score (nSPS) is 16.9. The van der Waals surface area contributed by atoms with E-state index in [4.69, 9.17) is 5.11 Å². The molecule has 0 spiro atoms. The fourth-order valence-corrected chi connectivity index (χ4v) is 1.81. The molecule has 0 amide bonds. The van der Waals surface area contributed by atoms with E-state index < -0.39 is 15.0 Å². The van der Waals surface area contributed by atoms with Crippen LogP contribution >= 0.6 is 0 Å². The van der Waals surface area contributed by atoms with Crippen molar-refractivity contribution < 1.29 is 5.11 Å². The van der Waals surface area contributed by atoms with Crippen LogP contribution in [0.25, 0.3) is 0 Å². The maximum absolute atomic E-state index is 8.76. The molecule has 2 heteroatoms. The first-order valence-electron chi connectivity index (χ1n) is 2.13. The van der Waals surface area contributed by atoms with Crippen LogP contribution in [0.5, 0.6) is 0 Å². The van der Waals surface area contributed by atoms with Crippen LogP contribution in [0.4, 0.5) is 0 Å². The van der Waals surface area contributed by atoms with Gasteiger partial charge in [-0.25, -0.2) is 0 Å². The van der Waals surface area contributed by atoms with Gasteiger partial charge in [-0.15, -0.1) is 0 Å². The van der Waals surface area contributed by atoms with Crippen molar-refractivity contribution >= 4 is 19.8 Å². The Morgan fingerprint density at radius 1 is 1.43 bits per heavy atom. The third-order valence-corrected chi connectivity index (χ3v) is 2.75. The zero-order valence-electron chi connectivity index (χ0n) is 3.83. The number of aliphatic hydroxyl groups excluding tert-OH is 1. The Balaban J connectivity index is 2.82. The van der Waals surface area contributed by atoms with Gasteiger partial charge in [-0.2, -0.15) is 0 Å². The molecule has 0 aromatic carbocycles. The first kappa shape index (κ1) is 4.84. The van der Waals surface area contributed by atoms with Gasteiger partial charge in [0.25, 0.3) is 0 Å². The topological polar surface area (TPSA) is 20.2 Å². The Labute approximate surface area is 48.4 Å². The van der Waals surface area contributed by atoms with Gasteiger partial charge in [0, 0.05) is 0 Å². The molecule has 0 radical (unpaired) electrons. The van der Waals surface area contributed by atoms with E-state index in [0.29, 0.717) is 4.59 Å². The predicted octanol–water partition coefficient (Wildman–Crippen LogP) is 0.194. The summed E-state index contributed by atoms with van der Waals surface area (Å²) in [6, 6.07) is 0. The molecule has 0 bridgehead atoms. The molecule has 1 rings (SSSR count). The number of aliphatic hydroxyl groups is 1. The van der Waals surface area contributed by atoms with Crippen molar-refractivity contribution in [3.63, 3.8) is 0 Å². The standard InChI is InChI=1S/C5H6GeO/c7-5-3-1-2-4-6-5/h1-4,6-7H. The van der Waals surface area contributed by atoms with Gasteiger partial charge in [0.15, 0.2) is 0 Å². The maximum atomic E-state index is 8.76. The second kappa shape index (κ2) is 2.12. The summed E-state index contributed by atoms with van der Waals surface area (Å²) in [5.41, 5.74) is 0. The summed E-state index contributed by atoms with van der Waals surface area (Å²) in [5, 5.41) is 8.76. The third kappa shape index (κ3) is 1.31. The second-order valence-corrected chi connectivity index (χ2v) is 4.08. The van der Waals surface area contributed by atoms with E-state index in [-0.39, 0.29) is 0 Å². The molecule has 1 heterocycles. The van der Waals surface area contributed by atoms with Gasteiger partial charge >= 0.3 is 47.8 Å². The molecule has 0 saturated carbocycles. The van der Waals surface area contributed by atoms with E-state index in [0.717, 1.165) is 0 Å². The predicted molar refractivity (Wildman–Crippen MR) is 33.1 cm³/mol. The molecular formula is C5H6GeO. The quantitative estimate of drug-likeness (QED) is 0.495. The minimum atomic E-state index is -0.494. The summed E-state index contributed by atoms with van der Waals surface area (Å²) in [4.78, 5) is 2.07. The molecule has 0 atom stereocenters. The molecule has 0 saturated heterocycles. The fourth-order valence-electron chi connectivity index (χ4n) is 0.428. The Morgan fingerprint density at radius 2 is 2.29 bits per heavy atom. The van der Waals surface area contributed by atoms with Crippen LogP contribution in [0.2, 0.25) is 0 Å². The number of hydrogen-bond donors (Lipinski definition) is 1. The van der Waals surface area contributed by atoms with Crippen molar-refractivity contribution in [1.82, 2.24) is 0 Å². The molecular weight excluding hydrogens is 149 g/mol. The zero-order valence-corrected chi connectivity index (χ0v) is 6.26. The molecule has 1 aliphatic rings. The van der Waals surface area contributed by atoms with Gasteiger partial charge in [0.05, 0.1) is 0 Å². The average Bonchev–Trinajstić information content (AvgIpc) is 1.69. The minimum absolute atomic E-state index is 0.494. The molecule has 7 heavy (non-hydrogen) atoms. The molecule has 1 nitrogen and oxygen atoms in total. The first-order valence-corrected chi connectivity index (χ1v) is 4.74. The molecule has 1 N–H and O–H groups in total. The van der Waals surface area contributed by atoms with E-state index in [1.807, 2.05) is 12.2 Å². The summed E-state index contributed by atoms with van der Waals surface area (Å²) in [7, 11) is 0. The Kier molecular flexibility index (Phi) is 1.47. The van der Waals surface area contributed by atoms with E-state index in [1.54, 1.807) is 6.08 Å². The molecule has 0 unspecified atom stereocenters. The van der Waals surface area contributed by atoms with Gasteiger partial charge < -0.3 is 0 Å². The molecule has 0 aliphatic carbocycles. The summed E-state index contributed by atoms with van der Waals surface area (Å²) in [5.74, 6) is 0. The van der Waals surface area contributed by atoms with Crippen LogP contribution in [0.15, 0.2) is 22.8 Å². The first-order chi connectivity index (χ1) is 3.39. The third-order valence-electron chi connectivity index (χ3n) is 0.756. The molecule has 0 aromatic rings. The Bertz CT molecular complexity index is 144. The average molecular weight is 155 g/mol. The van der Waals surface area contributed by atoms with Crippen molar-refractivity contribution in [2.75, 3.05) is 0 Å². The van der Waals surface area contributed by atoms with Gasteiger partial charge in [-0.3, -0.25) is 0 Å². The Hall–Kier alpha value is -0.307. The summed E-state index contributed by atoms with van der Waals surface area (Å²) < 4.78 is 0.603. The number of rotatable bonds is 0. The van der Waals surface area contributed by atoms with E-state index in [2.05, 4.69) is 4.85 Å². The number of allylic oxidation sites excluding steroid dienone is 3. The molecule has 0 aromatic heterocycles. The second-order valence-electron chi connectivity index (χ2n) is 1.34. The molecule has 0 fully saturated rings. The Morgan fingerprint density at radius 3 is 2.57 bits per heavy atom. The van der Waals surface area contributed by atoms with E-state index in [9.17, 15) is 0 Å². The van der Waals surface area contributed by atoms with Crippen LogP contribution in [-0.4, -0.2) is 25.0 Å². The summed E-state index contributed by atoms with van der Waals surface area (Å²) >= 11 is -0.494.